The lowest BCUT2D eigenvalue weighted by Crippen LogP contribution is -2.35. The van der Waals surface area contributed by atoms with Gasteiger partial charge in [-0.05, 0) is 32.0 Å². The van der Waals surface area contributed by atoms with Crippen molar-refractivity contribution in [2.24, 2.45) is 0 Å². The molecule has 0 fully saturated rings. The molecule has 0 saturated carbocycles. The Hall–Kier alpha value is -1.07. The summed E-state index contributed by atoms with van der Waals surface area (Å²) in [6.07, 6.45) is 0.988. The smallest absolute Gasteiger partial charge is 0.151 e. The monoisotopic (exact) mass is 298 g/mol. The summed E-state index contributed by atoms with van der Waals surface area (Å²) >= 11 is 0. The van der Waals surface area contributed by atoms with Gasteiger partial charge in [0.05, 0.1) is 5.75 Å². The van der Waals surface area contributed by atoms with E-state index in [0.717, 1.165) is 19.5 Å². The quantitative estimate of drug-likeness (QED) is 0.708. The van der Waals surface area contributed by atoms with E-state index in [4.69, 9.17) is 0 Å². The van der Waals surface area contributed by atoms with Crippen molar-refractivity contribution in [2.45, 2.75) is 26.3 Å². The molecule has 1 rings (SSSR count). The predicted molar refractivity (Wildman–Crippen MR) is 86.1 cm³/mol. The summed E-state index contributed by atoms with van der Waals surface area (Å²) in [4.78, 5) is 2.20. The van der Waals surface area contributed by atoms with E-state index in [-0.39, 0.29) is 17.5 Å². The summed E-state index contributed by atoms with van der Waals surface area (Å²) in [6.45, 7) is 5.40. The van der Waals surface area contributed by atoms with Crippen LogP contribution < -0.4 is 10.2 Å². The van der Waals surface area contributed by atoms with Gasteiger partial charge in [-0.1, -0.05) is 25.1 Å². The van der Waals surface area contributed by atoms with Gasteiger partial charge < -0.3 is 10.2 Å². The average Bonchev–Trinajstić information content (AvgIpc) is 2.44. The molecule has 0 aromatic heterocycles. The van der Waals surface area contributed by atoms with Crippen molar-refractivity contribution >= 4 is 15.5 Å². The lowest BCUT2D eigenvalue weighted by Gasteiger charge is -2.20. The molecule has 1 aromatic rings. The van der Waals surface area contributed by atoms with E-state index in [1.165, 1.54) is 5.69 Å². The van der Waals surface area contributed by atoms with E-state index in [9.17, 15) is 8.42 Å². The summed E-state index contributed by atoms with van der Waals surface area (Å²) in [5, 5.41) is 3.27. The number of hydrogen-bond donors (Lipinski definition) is 1. The molecular weight excluding hydrogens is 272 g/mol. The molecule has 1 atom stereocenters. The molecule has 0 aliphatic rings. The maximum absolute atomic E-state index is 11.5. The van der Waals surface area contributed by atoms with Crippen LogP contribution in [0.15, 0.2) is 30.3 Å². The lowest BCUT2D eigenvalue weighted by molar-refractivity contribution is 0.549. The molecule has 0 bridgehead atoms. The van der Waals surface area contributed by atoms with Crippen LogP contribution in [0.5, 0.6) is 0 Å². The number of nitrogens with zero attached hydrogens (tertiary/aromatic N) is 1. The first-order chi connectivity index (χ1) is 9.44. The Labute approximate surface area is 123 Å². The Kier molecular flexibility index (Phi) is 7.02. The number of benzene rings is 1. The Balaban J connectivity index is 2.22. The molecule has 4 nitrogen and oxygen atoms in total. The van der Waals surface area contributed by atoms with E-state index >= 15 is 0 Å². The van der Waals surface area contributed by atoms with Crippen LogP contribution in [0.25, 0.3) is 0 Å². The first-order valence-electron chi connectivity index (χ1n) is 7.14. The van der Waals surface area contributed by atoms with Crippen molar-refractivity contribution in [1.29, 1.82) is 0 Å². The molecule has 20 heavy (non-hydrogen) atoms. The van der Waals surface area contributed by atoms with E-state index in [0.29, 0.717) is 0 Å². The SMILES string of the molecule is CCS(=O)(=O)CC(C)NCCCN(C)c1ccccc1. The second-order valence-corrected chi connectivity index (χ2v) is 7.56. The van der Waals surface area contributed by atoms with E-state index in [1.807, 2.05) is 25.1 Å². The van der Waals surface area contributed by atoms with Gasteiger partial charge in [-0.25, -0.2) is 8.42 Å². The molecule has 1 unspecified atom stereocenters. The second kappa shape index (κ2) is 8.27. The standard InChI is InChI=1S/C15H26N2O2S/c1-4-20(18,19)13-14(2)16-11-8-12-17(3)15-9-6-5-7-10-15/h5-7,9-10,14,16H,4,8,11-13H2,1-3H3. The topological polar surface area (TPSA) is 49.4 Å². The summed E-state index contributed by atoms with van der Waals surface area (Å²) in [5.74, 6) is 0.438. The summed E-state index contributed by atoms with van der Waals surface area (Å²) in [7, 11) is -0.818. The van der Waals surface area contributed by atoms with Crippen LogP contribution in [0.3, 0.4) is 0 Å². The van der Waals surface area contributed by atoms with Crippen LogP contribution in [0.2, 0.25) is 0 Å². The molecule has 1 aromatic carbocycles. The summed E-state index contributed by atoms with van der Waals surface area (Å²) in [6, 6.07) is 10.3. The highest BCUT2D eigenvalue weighted by molar-refractivity contribution is 7.91. The largest absolute Gasteiger partial charge is 0.375 e. The van der Waals surface area contributed by atoms with Crippen molar-refractivity contribution < 1.29 is 8.42 Å². The van der Waals surface area contributed by atoms with E-state index in [2.05, 4.69) is 29.4 Å². The fourth-order valence-corrected chi connectivity index (χ4v) is 3.15. The van der Waals surface area contributed by atoms with Crippen molar-refractivity contribution in [3.8, 4) is 0 Å². The maximum atomic E-state index is 11.5. The van der Waals surface area contributed by atoms with Crippen molar-refractivity contribution in [3.05, 3.63) is 30.3 Å². The van der Waals surface area contributed by atoms with Crippen LogP contribution in [-0.4, -0.2) is 46.1 Å². The van der Waals surface area contributed by atoms with E-state index in [1.54, 1.807) is 6.92 Å². The van der Waals surface area contributed by atoms with Crippen LogP contribution in [0.1, 0.15) is 20.3 Å². The highest BCUT2D eigenvalue weighted by Crippen LogP contribution is 2.10. The predicted octanol–water partition coefficient (Wildman–Crippen LogP) is 1.93. The van der Waals surface area contributed by atoms with Gasteiger partial charge in [0.25, 0.3) is 0 Å². The molecule has 0 heterocycles. The first kappa shape index (κ1) is 17.0. The number of para-hydroxylation sites is 1. The van der Waals surface area contributed by atoms with Gasteiger partial charge in [-0.2, -0.15) is 0 Å². The summed E-state index contributed by atoms with van der Waals surface area (Å²) in [5.41, 5.74) is 1.20. The molecule has 0 saturated heterocycles. The Bertz CT molecular complexity index is 474. The molecule has 0 aliphatic heterocycles. The van der Waals surface area contributed by atoms with Crippen LogP contribution in [-0.2, 0) is 9.84 Å². The first-order valence-corrected chi connectivity index (χ1v) is 8.96. The zero-order valence-electron chi connectivity index (χ0n) is 12.7. The van der Waals surface area contributed by atoms with Gasteiger partial charge in [-0.15, -0.1) is 0 Å². The van der Waals surface area contributed by atoms with Gasteiger partial charge in [0.2, 0.25) is 0 Å². The van der Waals surface area contributed by atoms with Gasteiger partial charge in [0.1, 0.15) is 0 Å². The van der Waals surface area contributed by atoms with Gasteiger partial charge in [0.15, 0.2) is 9.84 Å². The van der Waals surface area contributed by atoms with Crippen LogP contribution in [0, 0.1) is 0 Å². The molecule has 0 aliphatic carbocycles. The van der Waals surface area contributed by atoms with Crippen LogP contribution in [0.4, 0.5) is 5.69 Å². The Morgan fingerprint density at radius 2 is 1.90 bits per heavy atom. The second-order valence-electron chi connectivity index (χ2n) is 5.16. The molecule has 5 heteroatoms. The molecule has 114 valence electrons. The van der Waals surface area contributed by atoms with E-state index < -0.39 is 9.84 Å². The van der Waals surface area contributed by atoms with Crippen LogP contribution >= 0.6 is 0 Å². The minimum absolute atomic E-state index is 0.0157. The highest BCUT2D eigenvalue weighted by atomic mass is 32.2. The fourth-order valence-electron chi connectivity index (χ4n) is 2.03. The zero-order valence-corrected chi connectivity index (χ0v) is 13.5. The van der Waals surface area contributed by atoms with Gasteiger partial charge >= 0.3 is 0 Å². The van der Waals surface area contributed by atoms with Gasteiger partial charge in [0, 0.05) is 31.1 Å². The number of rotatable bonds is 9. The fraction of sp³-hybridized carbons (Fsp3) is 0.600. The third-order valence-corrected chi connectivity index (χ3v) is 5.19. The number of hydrogen-bond acceptors (Lipinski definition) is 4. The maximum Gasteiger partial charge on any atom is 0.151 e. The van der Waals surface area contributed by atoms with Crippen molar-refractivity contribution in [3.63, 3.8) is 0 Å². The Morgan fingerprint density at radius 1 is 1.25 bits per heavy atom. The highest BCUT2D eigenvalue weighted by Gasteiger charge is 2.12. The molecule has 0 radical (unpaired) electrons. The molecular formula is C15H26N2O2S. The normalized spacial score (nSPS) is 13.2. The summed E-state index contributed by atoms with van der Waals surface area (Å²) < 4.78 is 23.0. The Morgan fingerprint density at radius 3 is 2.50 bits per heavy atom. The van der Waals surface area contributed by atoms with Gasteiger partial charge in [-0.3, -0.25) is 0 Å². The molecule has 0 amide bonds. The zero-order chi connectivity index (χ0) is 15.0. The third kappa shape index (κ3) is 6.39. The minimum Gasteiger partial charge on any atom is -0.375 e. The molecule has 0 spiro atoms. The minimum atomic E-state index is -2.89. The van der Waals surface area contributed by atoms with Crippen molar-refractivity contribution in [1.82, 2.24) is 5.32 Å². The average molecular weight is 298 g/mol. The number of nitrogens with one attached hydrogen (secondary N) is 1. The number of sulfone groups is 1. The lowest BCUT2D eigenvalue weighted by atomic mass is 10.3. The van der Waals surface area contributed by atoms with Crippen molar-refractivity contribution in [2.75, 3.05) is 36.5 Å². The third-order valence-electron chi connectivity index (χ3n) is 3.30. The number of anilines is 1. The molecule has 1 N–H and O–H groups in total.